The first-order valence-corrected chi connectivity index (χ1v) is 7.29. The van der Waals surface area contributed by atoms with Crippen LogP contribution in [0.15, 0.2) is 30.3 Å². The second kappa shape index (κ2) is 6.71. The number of nitrogens with zero attached hydrogens (tertiary/aromatic N) is 1. The van der Waals surface area contributed by atoms with E-state index in [1.807, 2.05) is 11.0 Å². The van der Waals surface area contributed by atoms with Gasteiger partial charge in [0, 0.05) is 13.1 Å². The topological polar surface area (TPSA) is 32.3 Å². The van der Waals surface area contributed by atoms with E-state index in [0.29, 0.717) is 5.92 Å². The minimum absolute atomic E-state index is 0.0294. The number of piperidine rings is 1. The number of hydrogen-bond acceptors (Lipinski definition) is 2. The van der Waals surface area contributed by atoms with Crippen LogP contribution in [0.1, 0.15) is 38.2 Å². The molecule has 0 aliphatic carbocycles. The van der Waals surface area contributed by atoms with Crippen LogP contribution in [0, 0.1) is 0 Å². The minimum atomic E-state index is 0.0294. The normalized spacial score (nSPS) is 21.5. The van der Waals surface area contributed by atoms with Crippen LogP contribution < -0.4 is 5.32 Å². The van der Waals surface area contributed by atoms with Crippen molar-refractivity contribution in [3.63, 3.8) is 0 Å². The Labute approximate surface area is 116 Å². The number of likely N-dealkylation sites (N-methyl/N-ethyl adjacent to an activating group) is 1. The number of nitrogens with one attached hydrogen (secondary N) is 1. The highest BCUT2D eigenvalue weighted by Gasteiger charge is 2.28. The summed E-state index contributed by atoms with van der Waals surface area (Å²) < 4.78 is 0. The molecule has 1 amide bonds. The zero-order valence-electron chi connectivity index (χ0n) is 11.9. The third-order valence-corrected chi connectivity index (χ3v) is 3.84. The molecule has 0 saturated carbocycles. The van der Waals surface area contributed by atoms with Gasteiger partial charge in [-0.05, 0) is 30.9 Å². The average Bonchev–Trinajstić information content (AvgIpc) is 2.44. The van der Waals surface area contributed by atoms with Crippen molar-refractivity contribution in [2.75, 3.05) is 19.6 Å². The van der Waals surface area contributed by atoms with E-state index in [2.05, 4.69) is 43.4 Å². The fraction of sp³-hybridized carbons (Fsp3) is 0.562. The lowest BCUT2D eigenvalue weighted by atomic mass is 9.98. The molecule has 1 aromatic rings. The maximum absolute atomic E-state index is 12.3. The third-order valence-electron chi connectivity index (χ3n) is 3.84. The Balaban J connectivity index is 1.96. The second-order valence-corrected chi connectivity index (χ2v) is 5.35. The van der Waals surface area contributed by atoms with Crippen LogP contribution >= 0.6 is 0 Å². The predicted octanol–water partition coefficient (Wildman–Crippen LogP) is 2.39. The van der Waals surface area contributed by atoms with Crippen molar-refractivity contribution in [3.05, 3.63) is 35.9 Å². The molecule has 1 aliphatic rings. The smallest absolute Gasteiger partial charge is 0.239 e. The molecule has 104 valence electrons. The van der Waals surface area contributed by atoms with Gasteiger partial charge in [-0.2, -0.15) is 0 Å². The fourth-order valence-corrected chi connectivity index (χ4v) is 2.77. The summed E-state index contributed by atoms with van der Waals surface area (Å²) in [6, 6.07) is 10.5. The van der Waals surface area contributed by atoms with E-state index in [1.165, 1.54) is 5.56 Å². The Morgan fingerprint density at radius 2 is 2.11 bits per heavy atom. The first-order chi connectivity index (χ1) is 9.22. The Bertz CT molecular complexity index is 402. The molecular weight excluding hydrogens is 236 g/mol. The van der Waals surface area contributed by atoms with Gasteiger partial charge < -0.3 is 10.2 Å². The van der Waals surface area contributed by atoms with E-state index in [0.717, 1.165) is 32.5 Å². The van der Waals surface area contributed by atoms with E-state index < -0.39 is 0 Å². The van der Waals surface area contributed by atoms with Crippen molar-refractivity contribution in [3.8, 4) is 0 Å². The molecule has 19 heavy (non-hydrogen) atoms. The minimum Gasteiger partial charge on any atom is -0.341 e. The molecule has 1 N–H and O–H groups in total. The summed E-state index contributed by atoms with van der Waals surface area (Å²) in [5.41, 5.74) is 1.31. The molecule has 1 aliphatic heterocycles. The number of carbonyl (C=O) groups excluding carboxylic acids is 1. The summed E-state index contributed by atoms with van der Waals surface area (Å²) >= 11 is 0. The molecule has 2 atom stereocenters. The molecule has 2 rings (SSSR count). The van der Waals surface area contributed by atoms with Gasteiger partial charge in [-0.3, -0.25) is 4.79 Å². The highest BCUT2D eigenvalue weighted by atomic mass is 16.2. The van der Waals surface area contributed by atoms with E-state index in [9.17, 15) is 4.79 Å². The van der Waals surface area contributed by atoms with Crippen LogP contribution in [0.5, 0.6) is 0 Å². The summed E-state index contributed by atoms with van der Waals surface area (Å²) in [4.78, 5) is 14.4. The predicted molar refractivity (Wildman–Crippen MR) is 78.1 cm³/mol. The zero-order chi connectivity index (χ0) is 13.7. The van der Waals surface area contributed by atoms with Crippen LogP contribution in [-0.4, -0.2) is 36.5 Å². The van der Waals surface area contributed by atoms with Gasteiger partial charge in [0.25, 0.3) is 0 Å². The van der Waals surface area contributed by atoms with Crippen molar-refractivity contribution in [2.45, 2.75) is 38.6 Å². The van der Waals surface area contributed by atoms with Gasteiger partial charge >= 0.3 is 0 Å². The Hall–Kier alpha value is -1.35. The molecule has 0 radical (unpaired) electrons. The van der Waals surface area contributed by atoms with Gasteiger partial charge in [-0.15, -0.1) is 0 Å². The number of likely N-dealkylation sites (tertiary alicyclic amines) is 1. The first-order valence-electron chi connectivity index (χ1n) is 7.29. The average molecular weight is 260 g/mol. The van der Waals surface area contributed by atoms with Crippen LogP contribution in [-0.2, 0) is 4.79 Å². The van der Waals surface area contributed by atoms with Gasteiger partial charge in [0.2, 0.25) is 5.91 Å². The van der Waals surface area contributed by atoms with Crippen LogP contribution in [0.25, 0.3) is 0 Å². The monoisotopic (exact) mass is 260 g/mol. The summed E-state index contributed by atoms with van der Waals surface area (Å²) in [7, 11) is 0. The molecule has 0 bridgehead atoms. The molecular formula is C16H24N2O. The number of amides is 1. The second-order valence-electron chi connectivity index (χ2n) is 5.35. The fourth-order valence-electron chi connectivity index (χ4n) is 2.77. The molecule has 1 fully saturated rings. The maximum Gasteiger partial charge on any atom is 0.239 e. The van der Waals surface area contributed by atoms with Gasteiger partial charge in [0.1, 0.15) is 0 Å². The van der Waals surface area contributed by atoms with E-state index in [4.69, 9.17) is 0 Å². The molecule has 3 heteroatoms. The largest absolute Gasteiger partial charge is 0.341 e. The third kappa shape index (κ3) is 3.57. The van der Waals surface area contributed by atoms with Crippen LogP contribution in [0.4, 0.5) is 0 Å². The van der Waals surface area contributed by atoms with Crippen molar-refractivity contribution < 1.29 is 4.79 Å². The van der Waals surface area contributed by atoms with Gasteiger partial charge in [-0.25, -0.2) is 0 Å². The van der Waals surface area contributed by atoms with Gasteiger partial charge in [0.05, 0.1) is 6.04 Å². The number of benzene rings is 1. The van der Waals surface area contributed by atoms with Crippen molar-refractivity contribution in [1.82, 2.24) is 10.2 Å². The van der Waals surface area contributed by atoms with Gasteiger partial charge in [-0.1, -0.05) is 44.2 Å². The first kappa shape index (κ1) is 14.1. The van der Waals surface area contributed by atoms with E-state index >= 15 is 0 Å². The summed E-state index contributed by atoms with van der Waals surface area (Å²) in [5, 5.41) is 3.29. The number of carbonyl (C=O) groups is 1. The lowest BCUT2D eigenvalue weighted by molar-refractivity contribution is -0.136. The molecule has 0 spiro atoms. The zero-order valence-corrected chi connectivity index (χ0v) is 11.9. The van der Waals surface area contributed by atoms with Crippen molar-refractivity contribution >= 4 is 5.91 Å². The van der Waals surface area contributed by atoms with Gasteiger partial charge in [0.15, 0.2) is 0 Å². The number of hydrogen-bond donors (Lipinski definition) is 1. The summed E-state index contributed by atoms with van der Waals surface area (Å²) in [5.74, 6) is 0.668. The molecule has 1 heterocycles. The van der Waals surface area contributed by atoms with Crippen LogP contribution in [0.3, 0.4) is 0 Å². The lowest BCUT2D eigenvalue weighted by Gasteiger charge is -2.34. The molecule has 3 nitrogen and oxygen atoms in total. The highest BCUT2D eigenvalue weighted by Crippen LogP contribution is 2.19. The van der Waals surface area contributed by atoms with Crippen LogP contribution in [0.2, 0.25) is 0 Å². The highest BCUT2D eigenvalue weighted by molar-refractivity contribution is 5.82. The van der Waals surface area contributed by atoms with Crippen molar-refractivity contribution in [1.29, 1.82) is 0 Å². The lowest BCUT2D eigenvalue weighted by Crippen LogP contribution is -2.51. The maximum atomic E-state index is 12.3. The number of rotatable bonds is 5. The molecule has 2 unspecified atom stereocenters. The van der Waals surface area contributed by atoms with Crippen molar-refractivity contribution in [2.24, 2.45) is 0 Å². The molecule has 0 aromatic heterocycles. The summed E-state index contributed by atoms with van der Waals surface area (Å²) in [6.45, 7) is 6.83. The Kier molecular flexibility index (Phi) is 4.97. The Morgan fingerprint density at radius 3 is 2.79 bits per heavy atom. The molecule has 1 aromatic carbocycles. The van der Waals surface area contributed by atoms with E-state index in [1.54, 1.807) is 0 Å². The molecule has 1 saturated heterocycles. The summed E-state index contributed by atoms with van der Waals surface area (Å²) in [6.07, 6.45) is 2.08. The quantitative estimate of drug-likeness (QED) is 0.881. The van der Waals surface area contributed by atoms with E-state index in [-0.39, 0.29) is 11.9 Å². The standard InChI is InChI=1S/C16H24N2O/c1-3-17-15-10-7-11-18(16(15)19)12-13(2)14-8-5-4-6-9-14/h4-6,8-9,13,15,17H,3,7,10-12H2,1-2H3. The SMILES string of the molecule is CCNC1CCCN(CC(C)c2ccccc2)C1=O. The Morgan fingerprint density at radius 1 is 1.37 bits per heavy atom.